The van der Waals surface area contributed by atoms with Crippen LogP contribution < -0.4 is 0 Å². The van der Waals surface area contributed by atoms with Gasteiger partial charge in [-0.2, -0.15) is 0 Å². The van der Waals surface area contributed by atoms with Crippen molar-refractivity contribution >= 4 is 5.78 Å². The number of rotatable bonds is 1. The number of hydrogen-bond acceptors (Lipinski definition) is 2. The molecule has 0 radical (unpaired) electrons. The second kappa shape index (κ2) is 3.96. The number of carbonyl (C=O) groups excluding carboxylic acids is 1. The Morgan fingerprint density at radius 1 is 1.56 bits per heavy atom. The Kier molecular flexibility index (Phi) is 3.54. The Bertz CT molecular complexity index is 150. The molecule has 0 rings (SSSR count). The van der Waals surface area contributed by atoms with Crippen molar-refractivity contribution in [2.45, 2.75) is 13.3 Å². The zero-order valence-electron chi connectivity index (χ0n) is 6.06. The van der Waals surface area contributed by atoms with Crippen molar-refractivity contribution in [1.29, 1.82) is 0 Å². The number of nitrogens with zero attached hydrogens (tertiary/aromatic N) is 1. The van der Waals surface area contributed by atoms with Gasteiger partial charge in [-0.15, -0.1) is 0 Å². The molecule has 0 amide bonds. The summed E-state index contributed by atoms with van der Waals surface area (Å²) in [4.78, 5) is 12.0. The van der Waals surface area contributed by atoms with Gasteiger partial charge in [0.1, 0.15) is 5.78 Å². The first-order chi connectivity index (χ1) is 4.13. The smallest absolute Gasteiger partial charge is 0.141 e. The number of Topliss-reactive ketones (excluding diaryl/α,β-unsaturated/α-hetero) is 1. The van der Waals surface area contributed by atoms with E-state index in [4.69, 9.17) is 0 Å². The molecular weight excluding hydrogens is 114 g/mol. The SMILES string of the molecule is CC(=O)CC#CN(C)C. The summed E-state index contributed by atoms with van der Waals surface area (Å²) >= 11 is 0. The van der Waals surface area contributed by atoms with Crippen LogP contribution in [0.5, 0.6) is 0 Å². The third-order valence-electron chi connectivity index (χ3n) is 0.640. The van der Waals surface area contributed by atoms with Gasteiger partial charge in [0.05, 0.1) is 6.42 Å². The van der Waals surface area contributed by atoms with Crippen LogP contribution >= 0.6 is 0 Å². The molecule has 0 bridgehead atoms. The molecule has 9 heavy (non-hydrogen) atoms. The summed E-state index contributed by atoms with van der Waals surface area (Å²) in [6.45, 7) is 1.53. The lowest BCUT2D eigenvalue weighted by molar-refractivity contribution is -0.116. The Hall–Kier alpha value is -0.970. The Labute approximate surface area is 55.8 Å². The normalized spacial score (nSPS) is 7.44. The molecule has 0 aliphatic carbocycles. The summed E-state index contributed by atoms with van der Waals surface area (Å²) < 4.78 is 0. The molecule has 2 nitrogen and oxygen atoms in total. The second-order valence-electron chi connectivity index (χ2n) is 2.06. The van der Waals surface area contributed by atoms with Crippen LogP contribution in [0.3, 0.4) is 0 Å². The highest BCUT2D eigenvalue weighted by atomic mass is 16.1. The minimum absolute atomic E-state index is 0.115. The van der Waals surface area contributed by atoms with Gasteiger partial charge >= 0.3 is 0 Å². The first-order valence-electron chi connectivity index (χ1n) is 2.78. The fraction of sp³-hybridized carbons (Fsp3) is 0.571. The van der Waals surface area contributed by atoms with E-state index in [2.05, 4.69) is 12.0 Å². The largest absolute Gasteiger partial charge is 0.339 e. The molecule has 0 saturated carbocycles. The summed E-state index contributed by atoms with van der Waals surface area (Å²) in [7, 11) is 3.68. The van der Waals surface area contributed by atoms with E-state index in [9.17, 15) is 4.79 Å². The minimum Gasteiger partial charge on any atom is -0.339 e. The molecule has 0 heterocycles. The molecule has 0 aromatic carbocycles. The lowest BCUT2D eigenvalue weighted by atomic mass is 10.3. The molecule has 0 saturated heterocycles. The molecule has 0 aliphatic rings. The molecule has 2 heteroatoms. The van der Waals surface area contributed by atoms with Crippen LogP contribution in [-0.4, -0.2) is 24.8 Å². The Balaban J connectivity index is 3.50. The topological polar surface area (TPSA) is 20.3 Å². The standard InChI is InChI=1S/C7H11NO/c1-7(9)5-4-6-8(2)3/h5H2,1-3H3. The molecule has 0 fully saturated rings. The summed E-state index contributed by atoms with van der Waals surface area (Å²) in [5, 5.41) is 0. The van der Waals surface area contributed by atoms with E-state index >= 15 is 0 Å². The van der Waals surface area contributed by atoms with Crippen molar-refractivity contribution in [3.8, 4) is 12.0 Å². The van der Waals surface area contributed by atoms with E-state index in [0.717, 1.165) is 0 Å². The maximum Gasteiger partial charge on any atom is 0.141 e. The molecule has 0 atom stereocenters. The van der Waals surface area contributed by atoms with Crippen molar-refractivity contribution in [1.82, 2.24) is 4.90 Å². The average molecular weight is 125 g/mol. The van der Waals surface area contributed by atoms with E-state index in [-0.39, 0.29) is 5.78 Å². The van der Waals surface area contributed by atoms with Gasteiger partial charge in [-0.1, -0.05) is 5.92 Å². The minimum atomic E-state index is 0.115. The van der Waals surface area contributed by atoms with Crippen molar-refractivity contribution in [3.05, 3.63) is 0 Å². The van der Waals surface area contributed by atoms with Crippen LogP contribution in [0.15, 0.2) is 0 Å². The molecule has 0 unspecified atom stereocenters. The second-order valence-corrected chi connectivity index (χ2v) is 2.06. The van der Waals surface area contributed by atoms with Crippen LogP contribution in [0.2, 0.25) is 0 Å². The highest BCUT2D eigenvalue weighted by molar-refractivity contribution is 5.77. The molecule has 0 spiro atoms. The Morgan fingerprint density at radius 2 is 2.11 bits per heavy atom. The van der Waals surface area contributed by atoms with Crippen LogP contribution in [0, 0.1) is 12.0 Å². The molecule has 0 aromatic heterocycles. The molecule has 50 valence electrons. The van der Waals surface area contributed by atoms with Gasteiger partial charge in [0, 0.05) is 20.1 Å². The zero-order chi connectivity index (χ0) is 7.28. The Morgan fingerprint density at radius 3 is 2.44 bits per heavy atom. The predicted octanol–water partition coefficient (Wildman–Crippen LogP) is 0.488. The van der Waals surface area contributed by atoms with Gasteiger partial charge in [0.2, 0.25) is 0 Å². The van der Waals surface area contributed by atoms with Crippen LogP contribution in [0.1, 0.15) is 13.3 Å². The summed E-state index contributed by atoms with van der Waals surface area (Å²) in [6.07, 6.45) is 0.359. The summed E-state index contributed by atoms with van der Waals surface area (Å²) in [5.74, 6) is 2.83. The predicted molar refractivity (Wildman–Crippen MR) is 36.8 cm³/mol. The van der Waals surface area contributed by atoms with Crippen LogP contribution in [0.25, 0.3) is 0 Å². The molecule has 0 N–H and O–H groups in total. The van der Waals surface area contributed by atoms with Gasteiger partial charge in [-0.25, -0.2) is 0 Å². The van der Waals surface area contributed by atoms with E-state index in [1.165, 1.54) is 6.92 Å². The molecule has 0 aliphatic heterocycles. The third kappa shape index (κ3) is 7.03. The van der Waals surface area contributed by atoms with Crippen molar-refractivity contribution in [3.63, 3.8) is 0 Å². The van der Waals surface area contributed by atoms with Gasteiger partial charge < -0.3 is 4.90 Å². The number of carbonyl (C=O) groups is 1. The van der Waals surface area contributed by atoms with Gasteiger partial charge in [0.25, 0.3) is 0 Å². The maximum absolute atomic E-state index is 10.3. The lowest BCUT2D eigenvalue weighted by Gasteiger charge is -1.96. The quantitative estimate of drug-likeness (QED) is 0.375. The first kappa shape index (κ1) is 8.03. The van der Waals surface area contributed by atoms with Gasteiger partial charge in [-0.3, -0.25) is 4.79 Å². The van der Waals surface area contributed by atoms with E-state index in [1.54, 1.807) is 4.90 Å². The van der Waals surface area contributed by atoms with Gasteiger partial charge in [0.15, 0.2) is 0 Å². The third-order valence-corrected chi connectivity index (χ3v) is 0.640. The fourth-order valence-electron chi connectivity index (χ4n) is 0.322. The molecule has 0 aromatic rings. The van der Waals surface area contributed by atoms with Crippen LogP contribution in [0.4, 0.5) is 0 Å². The van der Waals surface area contributed by atoms with Crippen LogP contribution in [-0.2, 0) is 4.79 Å². The van der Waals surface area contributed by atoms with Gasteiger partial charge in [-0.05, 0) is 6.92 Å². The molecular formula is C7H11NO. The summed E-state index contributed by atoms with van der Waals surface area (Å²) in [5.41, 5.74) is 0. The van der Waals surface area contributed by atoms with Crippen molar-refractivity contribution in [2.75, 3.05) is 14.1 Å². The number of ketones is 1. The zero-order valence-corrected chi connectivity index (χ0v) is 6.06. The number of hydrogen-bond donors (Lipinski definition) is 0. The maximum atomic E-state index is 10.3. The highest BCUT2D eigenvalue weighted by Crippen LogP contribution is 1.76. The highest BCUT2D eigenvalue weighted by Gasteiger charge is 1.83. The summed E-state index contributed by atoms with van der Waals surface area (Å²) in [6, 6.07) is 2.74. The van der Waals surface area contributed by atoms with E-state index < -0.39 is 0 Å². The fourth-order valence-corrected chi connectivity index (χ4v) is 0.322. The van der Waals surface area contributed by atoms with E-state index in [1.807, 2.05) is 14.1 Å². The lowest BCUT2D eigenvalue weighted by Crippen LogP contribution is -2.01. The average Bonchev–Trinajstić information content (AvgIpc) is 1.63. The van der Waals surface area contributed by atoms with Crippen molar-refractivity contribution < 1.29 is 4.79 Å². The van der Waals surface area contributed by atoms with Crippen molar-refractivity contribution in [2.24, 2.45) is 0 Å². The monoisotopic (exact) mass is 125 g/mol. The van der Waals surface area contributed by atoms with E-state index in [0.29, 0.717) is 6.42 Å². The first-order valence-corrected chi connectivity index (χ1v) is 2.78.